The van der Waals surface area contributed by atoms with E-state index in [-0.39, 0.29) is 0 Å². The van der Waals surface area contributed by atoms with E-state index < -0.39 is 0 Å². The quantitative estimate of drug-likeness (QED) is 0.708. The van der Waals surface area contributed by atoms with E-state index in [0.29, 0.717) is 16.4 Å². The van der Waals surface area contributed by atoms with Crippen molar-refractivity contribution in [2.24, 2.45) is 0 Å². The molecule has 0 radical (unpaired) electrons. The summed E-state index contributed by atoms with van der Waals surface area (Å²) in [5.41, 5.74) is 8.11. The standard InChI is InChI=1S/C12H9Br2ClN2/c13-7-3-1-4-8(14)11(7)17-12-9(15)5-2-6-10(12)16/h1-6,17H,16H2. The molecule has 0 aliphatic heterocycles. The average molecular weight is 376 g/mol. The van der Waals surface area contributed by atoms with E-state index in [0.717, 1.165) is 14.6 Å². The van der Waals surface area contributed by atoms with Crippen LogP contribution in [0, 0.1) is 0 Å². The van der Waals surface area contributed by atoms with Crippen molar-refractivity contribution in [1.29, 1.82) is 0 Å². The molecule has 2 rings (SSSR count). The second-order valence-corrected chi connectivity index (χ2v) is 5.54. The highest BCUT2D eigenvalue weighted by atomic mass is 79.9. The topological polar surface area (TPSA) is 38.0 Å². The van der Waals surface area contributed by atoms with Crippen molar-refractivity contribution in [3.8, 4) is 0 Å². The largest absolute Gasteiger partial charge is 0.397 e. The predicted molar refractivity (Wildman–Crippen MR) is 81.0 cm³/mol. The van der Waals surface area contributed by atoms with Gasteiger partial charge in [-0.25, -0.2) is 0 Å². The van der Waals surface area contributed by atoms with E-state index in [1.807, 2.05) is 24.3 Å². The van der Waals surface area contributed by atoms with Gasteiger partial charge in [-0.05, 0) is 56.1 Å². The molecule has 0 atom stereocenters. The number of nitrogen functional groups attached to an aromatic ring is 1. The van der Waals surface area contributed by atoms with Crippen LogP contribution in [0.1, 0.15) is 0 Å². The molecular weight excluding hydrogens is 367 g/mol. The molecule has 0 bridgehead atoms. The van der Waals surface area contributed by atoms with Gasteiger partial charge in [0.25, 0.3) is 0 Å². The minimum Gasteiger partial charge on any atom is -0.397 e. The van der Waals surface area contributed by atoms with Crippen molar-refractivity contribution in [3.63, 3.8) is 0 Å². The second-order valence-electron chi connectivity index (χ2n) is 3.43. The van der Waals surface area contributed by atoms with Crippen LogP contribution < -0.4 is 11.1 Å². The molecule has 0 spiro atoms. The zero-order valence-corrected chi connectivity index (χ0v) is 12.6. The number of nitrogens with one attached hydrogen (secondary N) is 1. The Morgan fingerprint density at radius 3 is 2.12 bits per heavy atom. The van der Waals surface area contributed by atoms with Gasteiger partial charge in [0, 0.05) is 8.95 Å². The first-order chi connectivity index (χ1) is 8.09. The molecule has 2 aromatic carbocycles. The fraction of sp³-hybridized carbons (Fsp3) is 0. The zero-order chi connectivity index (χ0) is 12.4. The van der Waals surface area contributed by atoms with Gasteiger partial charge in [0.15, 0.2) is 0 Å². The number of hydrogen-bond donors (Lipinski definition) is 2. The highest BCUT2D eigenvalue weighted by Crippen LogP contribution is 2.37. The molecule has 0 fully saturated rings. The SMILES string of the molecule is Nc1cccc(Cl)c1Nc1c(Br)cccc1Br. The molecule has 0 heterocycles. The Bertz CT molecular complexity index is 468. The molecular formula is C12H9Br2ClN2. The van der Waals surface area contributed by atoms with Crippen LogP contribution in [0.4, 0.5) is 17.1 Å². The fourth-order valence-electron chi connectivity index (χ4n) is 1.41. The van der Waals surface area contributed by atoms with Crippen molar-refractivity contribution in [3.05, 3.63) is 50.4 Å². The van der Waals surface area contributed by atoms with Crippen LogP contribution in [0.15, 0.2) is 45.3 Å². The summed E-state index contributed by atoms with van der Waals surface area (Å²) in [7, 11) is 0. The van der Waals surface area contributed by atoms with E-state index in [4.69, 9.17) is 17.3 Å². The third kappa shape index (κ3) is 2.76. The molecule has 0 unspecified atom stereocenters. The summed E-state index contributed by atoms with van der Waals surface area (Å²) < 4.78 is 1.87. The smallest absolute Gasteiger partial charge is 0.0807 e. The lowest BCUT2D eigenvalue weighted by atomic mass is 10.2. The van der Waals surface area contributed by atoms with Gasteiger partial charge in [-0.2, -0.15) is 0 Å². The normalized spacial score (nSPS) is 10.3. The van der Waals surface area contributed by atoms with Crippen LogP contribution >= 0.6 is 43.5 Å². The van der Waals surface area contributed by atoms with Crippen LogP contribution in [0.25, 0.3) is 0 Å². The number of nitrogens with two attached hydrogens (primary N) is 1. The molecule has 2 nitrogen and oxygen atoms in total. The van der Waals surface area contributed by atoms with E-state index in [2.05, 4.69) is 37.2 Å². The lowest BCUT2D eigenvalue weighted by Crippen LogP contribution is -1.98. The molecule has 0 saturated heterocycles. The Hall–Kier alpha value is -0.710. The molecule has 17 heavy (non-hydrogen) atoms. The Morgan fingerprint density at radius 1 is 0.941 bits per heavy atom. The first-order valence-electron chi connectivity index (χ1n) is 4.84. The Balaban J connectivity index is 2.45. The minimum atomic E-state index is 0.590. The van der Waals surface area contributed by atoms with Crippen molar-refractivity contribution in [2.75, 3.05) is 11.1 Å². The maximum absolute atomic E-state index is 6.11. The van der Waals surface area contributed by atoms with Crippen LogP contribution in [-0.2, 0) is 0 Å². The number of halogens is 3. The third-order valence-corrected chi connectivity index (χ3v) is 3.90. The van der Waals surface area contributed by atoms with E-state index in [9.17, 15) is 0 Å². The van der Waals surface area contributed by atoms with Crippen LogP contribution in [0.3, 0.4) is 0 Å². The Kier molecular flexibility index (Phi) is 3.97. The number of rotatable bonds is 2. The van der Waals surface area contributed by atoms with Gasteiger partial charge in [-0.15, -0.1) is 0 Å². The molecule has 0 aliphatic carbocycles. The van der Waals surface area contributed by atoms with E-state index in [1.165, 1.54) is 0 Å². The van der Waals surface area contributed by atoms with Gasteiger partial charge in [0.2, 0.25) is 0 Å². The van der Waals surface area contributed by atoms with Crippen molar-refractivity contribution in [1.82, 2.24) is 0 Å². The third-order valence-electron chi connectivity index (χ3n) is 2.26. The zero-order valence-electron chi connectivity index (χ0n) is 8.68. The molecule has 0 aromatic heterocycles. The minimum absolute atomic E-state index is 0.590. The molecule has 3 N–H and O–H groups in total. The number of para-hydroxylation sites is 2. The maximum Gasteiger partial charge on any atom is 0.0807 e. The van der Waals surface area contributed by atoms with Gasteiger partial charge in [-0.3, -0.25) is 0 Å². The molecule has 0 aliphatic rings. The highest BCUT2D eigenvalue weighted by molar-refractivity contribution is 9.11. The average Bonchev–Trinajstić information content (AvgIpc) is 2.27. The summed E-state index contributed by atoms with van der Waals surface area (Å²) in [4.78, 5) is 0. The van der Waals surface area contributed by atoms with Crippen LogP contribution in [0.2, 0.25) is 5.02 Å². The summed E-state index contributed by atoms with van der Waals surface area (Å²) in [6, 6.07) is 11.2. The lowest BCUT2D eigenvalue weighted by molar-refractivity contribution is 1.50. The lowest BCUT2D eigenvalue weighted by Gasteiger charge is -2.13. The first-order valence-corrected chi connectivity index (χ1v) is 6.81. The second kappa shape index (κ2) is 5.29. The van der Waals surface area contributed by atoms with Gasteiger partial charge in [-0.1, -0.05) is 23.7 Å². The predicted octanol–water partition coefficient (Wildman–Crippen LogP) is 5.19. The van der Waals surface area contributed by atoms with Gasteiger partial charge < -0.3 is 11.1 Å². The summed E-state index contributed by atoms with van der Waals surface area (Å²) in [6.45, 7) is 0. The van der Waals surface area contributed by atoms with Crippen molar-refractivity contribution >= 4 is 60.5 Å². The van der Waals surface area contributed by atoms with Crippen molar-refractivity contribution < 1.29 is 0 Å². The maximum atomic E-state index is 6.11. The van der Waals surface area contributed by atoms with Crippen LogP contribution in [0.5, 0.6) is 0 Å². The summed E-state index contributed by atoms with van der Waals surface area (Å²) >= 11 is 13.1. The van der Waals surface area contributed by atoms with Gasteiger partial charge in [0.1, 0.15) is 0 Å². The van der Waals surface area contributed by atoms with Gasteiger partial charge >= 0.3 is 0 Å². The number of hydrogen-bond acceptors (Lipinski definition) is 2. The molecule has 0 amide bonds. The Morgan fingerprint density at radius 2 is 1.53 bits per heavy atom. The van der Waals surface area contributed by atoms with E-state index >= 15 is 0 Å². The van der Waals surface area contributed by atoms with Crippen LogP contribution in [-0.4, -0.2) is 0 Å². The number of anilines is 3. The molecule has 5 heteroatoms. The highest BCUT2D eigenvalue weighted by Gasteiger charge is 2.09. The summed E-state index contributed by atoms with van der Waals surface area (Å²) in [6.07, 6.45) is 0. The van der Waals surface area contributed by atoms with Gasteiger partial charge in [0.05, 0.1) is 22.1 Å². The molecule has 88 valence electrons. The van der Waals surface area contributed by atoms with E-state index in [1.54, 1.807) is 12.1 Å². The number of benzene rings is 2. The Labute approximate surface area is 121 Å². The molecule has 2 aromatic rings. The fourth-order valence-corrected chi connectivity index (χ4v) is 2.84. The summed E-state index contributed by atoms with van der Waals surface area (Å²) in [5, 5.41) is 3.82. The summed E-state index contributed by atoms with van der Waals surface area (Å²) in [5.74, 6) is 0. The first kappa shape index (κ1) is 12.7. The molecule has 0 saturated carbocycles. The monoisotopic (exact) mass is 374 g/mol. The van der Waals surface area contributed by atoms with Crippen molar-refractivity contribution in [2.45, 2.75) is 0 Å².